The average molecular weight is 446 g/mol. The molecule has 0 fully saturated rings. The number of aromatic nitrogens is 2. The van der Waals surface area contributed by atoms with Crippen molar-refractivity contribution in [2.24, 2.45) is 0 Å². The summed E-state index contributed by atoms with van der Waals surface area (Å²) in [6, 6.07) is 16.0. The molecule has 0 saturated carbocycles. The number of benzene rings is 2. The van der Waals surface area contributed by atoms with Crippen molar-refractivity contribution >= 4 is 22.9 Å². The minimum Gasteiger partial charge on any atom is -0.478 e. The van der Waals surface area contributed by atoms with E-state index in [2.05, 4.69) is 17.3 Å². The lowest BCUT2D eigenvalue weighted by Gasteiger charge is -2.34. The lowest BCUT2D eigenvalue weighted by Crippen LogP contribution is -2.45. The van der Waals surface area contributed by atoms with E-state index in [4.69, 9.17) is 14.2 Å². The average Bonchev–Trinajstić information content (AvgIpc) is 3.43. The van der Waals surface area contributed by atoms with Crippen molar-refractivity contribution in [1.82, 2.24) is 10.1 Å². The molecular formula is C25H23N3O3S. The van der Waals surface area contributed by atoms with Crippen molar-refractivity contribution in [3.05, 3.63) is 70.9 Å². The molecule has 0 bridgehead atoms. The molecular weight excluding hydrogens is 422 g/mol. The molecule has 6 nitrogen and oxygen atoms in total. The van der Waals surface area contributed by atoms with Crippen LogP contribution in [0.25, 0.3) is 21.8 Å². The number of anilines is 1. The van der Waals surface area contributed by atoms with E-state index in [1.165, 1.54) is 0 Å². The number of hydrogen-bond acceptors (Lipinski definition) is 6. The maximum absolute atomic E-state index is 13.2. The van der Waals surface area contributed by atoms with Gasteiger partial charge in [-0.2, -0.15) is 0 Å². The van der Waals surface area contributed by atoms with Crippen LogP contribution >= 0.6 is 11.3 Å². The molecule has 7 heteroatoms. The van der Waals surface area contributed by atoms with Gasteiger partial charge in [0.05, 0.1) is 23.6 Å². The largest absolute Gasteiger partial charge is 0.478 e. The third-order valence-corrected chi connectivity index (χ3v) is 6.64. The number of carbonyl (C=O) groups excluding carboxylic acids is 1. The maximum Gasteiger partial charge on any atom is 0.268 e. The number of rotatable bonds is 5. The summed E-state index contributed by atoms with van der Waals surface area (Å²) in [5.41, 5.74) is 5.36. The van der Waals surface area contributed by atoms with Crippen LogP contribution in [0.3, 0.4) is 0 Å². The summed E-state index contributed by atoms with van der Waals surface area (Å²) in [6.07, 6.45) is 0.0998. The van der Waals surface area contributed by atoms with Crippen LogP contribution in [0, 0.1) is 13.8 Å². The molecule has 5 rings (SSSR count). The van der Waals surface area contributed by atoms with Crippen LogP contribution in [-0.4, -0.2) is 22.2 Å². The second-order valence-corrected chi connectivity index (χ2v) is 8.69. The van der Waals surface area contributed by atoms with E-state index in [1.807, 2.05) is 62.5 Å². The van der Waals surface area contributed by atoms with Gasteiger partial charge in [0.25, 0.3) is 5.91 Å². The number of hydrogen-bond donors (Lipinski definition) is 0. The highest BCUT2D eigenvalue weighted by molar-refractivity contribution is 7.13. The quantitative estimate of drug-likeness (QED) is 0.389. The molecule has 4 aromatic rings. The molecule has 2 aromatic heterocycles. The summed E-state index contributed by atoms with van der Waals surface area (Å²) in [5, 5.41) is 7.05. The summed E-state index contributed by atoms with van der Waals surface area (Å²) in [4.78, 5) is 19.9. The topological polar surface area (TPSA) is 68.5 Å². The predicted octanol–water partition coefficient (Wildman–Crippen LogP) is 5.79. The molecule has 2 aromatic carbocycles. The first-order valence-electron chi connectivity index (χ1n) is 10.6. The Bertz CT molecular complexity index is 1260. The van der Waals surface area contributed by atoms with Gasteiger partial charge in [-0.3, -0.25) is 4.79 Å². The Morgan fingerprint density at radius 1 is 1.09 bits per heavy atom. The highest BCUT2D eigenvalue weighted by Crippen LogP contribution is 2.40. The Morgan fingerprint density at radius 2 is 1.91 bits per heavy atom. The summed E-state index contributed by atoms with van der Waals surface area (Å²) in [5.74, 6) is 1.37. The number of carbonyl (C=O) groups is 1. The zero-order chi connectivity index (χ0) is 22.2. The molecule has 3 heterocycles. The SMILES string of the molecule is CCC1Oc2ccc(-c3csc(-c4ccccc4)n3)cc2N(Cc2c(C)noc2C)C1=O. The summed E-state index contributed by atoms with van der Waals surface area (Å²) < 4.78 is 11.3. The fourth-order valence-corrected chi connectivity index (χ4v) is 4.75. The molecule has 162 valence electrons. The van der Waals surface area contributed by atoms with E-state index in [1.54, 1.807) is 16.2 Å². The van der Waals surface area contributed by atoms with Crippen LogP contribution in [0.15, 0.2) is 58.4 Å². The fourth-order valence-electron chi connectivity index (χ4n) is 3.91. The van der Waals surface area contributed by atoms with E-state index in [0.29, 0.717) is 18.7 Å². The second kappa shape index (κ2) is 8.24. The Morgan fingerprint density at radius 3 is 2.62 bits per heavy atom. The first-order valence-corrected chi connectivity index (χ1v) is 11.5. The molecule has 1 amide bonds. The van der Waals surface area contributed by atoms with Crippen LogP contribution < -0.4 is 9.64 Å². The number of thiazole rings is 1. The van der Waals surface area contributed by atoms with Crippen molar-refractivity contribution in [1.29, 1.82) is 0 Å². The Labute approximate surface area is 190 Å². The lowest BCUT2D eigenvalue weighted by molar-refractivity contribution is -0.126. The molecule has 1 aliphatic heterocycles. The number of aryl methyl sites for hydroxylation is 2. The molecule has 0 spiro atoms. The van der Waals surface area contributed by atoms with Gasteiger partial charge in [-0.05, 0) is 38.5 Å². The smallest absolute Gasteiger partial charge is 0.268 e. The van der Waals surface area contributed by atoms with Crippen molar-refractivity contribution in [2.45, 2.75) is 39.8 Å². The Hall–Kier alpha value is -3.45. The van der Waals surface area contributed by atoms with Crippen LogP contribution in [0.2, 0.25) is 0 Å². The minimum atomic E-state index is -0.502. The summed E-state index contributed by atoms with van der Waals surface area (Å²) in [6.45, 7) is 6.11. The molecule has 1 aliphatic rings. The normalized spacial score (nSPS) is 15.5. The molecule has 0 aliphatic carbocycles. The summed E-state index contributed by atoms with van der Waals surface area (Å²) in [7, 11) is 0. The van der Waals surface area contributed by atoms with Gasteiger partial charge < -0.3 is 14.2 Å². The van der Waals surface area contributed by atoms with Crippen molar-refractivity contribution in [3.63, 3.8) is 0 Å². The van der Waals surface area contributed by atoms with Gasteiger partial charge in [0.1, 0.15) is 16.5 Å². The van der Waals surface area contributed by atoms with Gasteiger partial charge >= 0.3 is 0 Å². The second-order valence-electron chi connectivity index (χ2n) is 7.83. The van der Waals surface area contributed by atoms with Crippen LogP contribution in [0.5, 0.6) is 5.75 Å². The van der Waals surface area contributed by atoms with Crippen molar-refractivity contribution < 1.29 is 14.1 Å². The molecule has 32 heavy (non-hydrogen) atoms. The maximum atomic E-state index is 13.2. The van der Waals surface area contributed by atoms with Crippen LogP contribution in [0.4, 0.5) is 5.69 Å². The standard InChI is InChI=1S/C25H23N3O3S/c1-4-22-25(29)28(13-19-15(2)27-31-16(19)3)21-12-18(10-11-23(21)30-22)20-14-32-24(26-20)17-8-6-5-7-9-17/h5-12,14,22H,4,13H2,1-3H3. The predicted molar refractivity (Wildman–Crippen MR) is 125 cm³/mol. The molecule has 1 unspecified atom stereocenters. The fraction of sp³-hybridized carbons (Fsp3) is 0.240. The van der Waals surface area contributed by atoms with Gasteiger partial charge in [0.2, 0.25) is 0 Å². The van der Waals surface area contributed by atoms with E-state index >= 15 is 0 Å². The first kappa shape index (κ1) is 20.5. The lowest BCUT2D eigenvalue weighted by atomic mass is 10.1. The molecule has 0 N–H and O–H groups in total. The van der Waals surface area contributed by atoms with Crippen molar-refractivity contribution in [3.8, 4) is 27.6 Å². The first-order chi connectivity index (χ1) is 15.5. The highest BCUT2D eigenvalue weighted by atomic mass is 32.1. The molecule has 0 saturated heterocycles. The van der Waals surface area contributed by atoms with Gasteiger partial charge in [0.15, 0.2) is 6.10 Å². The van der Waals surface area contributed by atoms with Gasteiger partial charge in [-0.15, -0.1) is 11.3 Å². The molecule has 1 atom stereocenters. The monoisotopic (exact) mass is 445 g/mol. The van der Waals surface area contributed by atoms with Gasteiger partial charge in [0, 0.05) is 22.1 Å². The number of nitrogens with zero attached hydrogens (tertiary/aromatic N) is 3. The number of fused-ring (bicyclic) bond motifs is 1. The zero-order valence-electron chi connectivity index (χ0n) is 18.2. The van der Waals surface area contributed by atoms with Crippen LogP contribution in [-0.2, 0) is 11.3 Å². The molecule has 0 radical (unpaired) electrons. The Kier molecular flexibility index (Phi) is 5.27. The van der Waals surface area contributed by atoms with E-state index in [9.17, 15) is 4.79 Å². The van der Waals surface area contributed by atoms with E-state index in [0.717, 1.165) is 44.5 Å². The number of ether oxygens (including phenoxy) is 1. The Balaban J connectivity index is 1.54. The highest BCUT2D eigenvalue weighted by Gasteiger charge is 2.34. The van der Waals surface area contributed by atoms with Gasteiger partial charge in [-0.25, -0.2) is 4.98 Å². The van der Waals surface area contributed by atoms with Crippen molar-refractivity contribution in [2.75, 3.05) is 4.90 Å². The summed E-state index contributed by atoms with van der Waals surface area (Å²) >= 11 is 1.60. The van der Waals surface area contributed by atoms with E-state index in [-0.39, 0.29) is 5.91 Å². The third-order valence-electron chi connectivity index (χ3n) is 5.75. The van der Waals surface area contributed by atoms with Gasteiger partial charge in [-0.1, -0.05) is 42.4 Å². The minimum absolute atomic E-state index is 0.0552. The van der Waals surface area contributed by atoms with E-state index < -0.39 is 6.10 Å². The van der Waals surface area contributed by atoms with Crippen LogP contribution in [0.1, 0.15) is 30.4 Å². The number of amides is 1. The zero-order valence-corrected chi connectivity index (χ0v) is 19.0. The third kappa shape index (κ3) is 3.58.